The van der Waals surface area contributed by atoms with Crippen LogP contribution >= 0.6 is 27.7 Å². The van der Waals surface area contributed by atoms with Crippen LogP contribution in [0.1, 0.15) is 29.2 Å². The number of rotatable bonds is 1. The van der Waals surface area contributed by atoms with Gasteiger partial charge in [0.25, 0.3) is 0 Å². The Labute approximate surface area is 154 Å². The normalized spacial score (nSPS) is 24.2. The predicted molar refractivity (Wildman–Crippen MR) is 105 cm³/mol. The van der Waals surface area contributed by atoms with Crippen LogP contribution in [0.5, 0.6) is 0 Å². The molecule has 0 bridgehead atoms. The van der Waals surface area contributed by atoms with E-state index in [1.165, 1.54) is 22.4 Å². The molecule has 2 N–H and O–H groups in total. The van der Waals surface area contributed by atoms with E-state index >= 15 is 0 Å². The van der Waals surface area contributed by atoms with Crippen LogP contribution in [-0.2, 0) is 6.42 Å². The molecule has 122 valence electrons. The summed E-state index contributed by atoms with van der Waals surface area (Å²) in [4.78, 5) is 0. The molecule has 0 saturated carbocycles. The molecule has 2 atom stereocenters. The van der Waals surface area contributed by atoms with Crippen molar-refractivity contribution < 1.29 is 4.68 Å². The highest BCUT2D eigenvalue weighted by atomic mass is 79.9. The van der Waals surface area contributed by atoms with Crippen molar-refractivity contribution in [2.24, 2.45) is 16.8 Å². The van der Waals surface area contributed by atoms with Gasteiger partial charge in [0.05, 0.1) is 11.6 Å². The van der Waals surface area contributed by atoms with Crippen LogP contribution in [0.3, 0.4) is 0 Å². The zero-order valence-electron chi connectivity index (χ0n) is 13.4. The zero-order chi connectivity index (χ0) is 16.7. The number of hydrogen-bond acceptors (Lipinski definition) is 2. The lowest BCUT2D eigenvalue weighted by Crippen LogP contribution is -2.29. The molecular weight excluding hydrogens is 382 g/mol. The quantitative estimate of drug-likeness (QED) is 0.576. The number of hydrazone groups is 1. The van der Waals surface area contributed by atoms with Crippen LogP contribution in [0.25, 0.3) is 0 Å². The first-order valence-electron chi connectivity index (χ1n) is 8.07. The molecule has 0 unspecified atom stereocenters. The van der Waals surface area contributed by atoms with Crippen LogP contribution in [-0.4, -0.2) is 21.8 Å². The molecule has 2 aromatic carbocycles. The minimum Gasteiger partial charge on any atom is -0.280 e. The number of hydrogen-bond donors (Lipinski definition) is 1. The van der Waals surface area contributed by atoms with Gasteiger partial charge >= 0.3 is 5.17 Å². The average Bonchev–Trinajstić information content (AvgIpc) is 3.01. The number of thioether (sulfide) groups is 1. The molecule has 24 heavy (non-hydrogen) atoms. The van der Waals surface area contributed by atoms with E-state index in [1.807, 2.05) is 10.9 Å². The molecule has 1 aliphatic carbocycles. The van der Waals surface area contributed by atoms with Crippen molar-refractivity contribution in [2.45, 2.75) is 18.9 Å². The first-order chi connectivity index (χ1) is 11.7. The van der Waals surface area contributed by atoms with Crippen molar-refractivity contribution in [3.63, 3.8) is 0 Å². The van der Waals surface area contributed by atoms with E-state index in [0.29, 0.717) is 5.92 Å². The standard InChI is InChI=1S/C19H18BrN3S/c1-24-19(21)23-18(13-6-9-14(20)10-7-13)16-11-8-12-4-2-3-5-15(12)17(16)22-23/h2-7,9-10,16,18,21H,8,11H2,1H3/p+1/t16-,18-/m1/s1. The molecule has 1 aliphatic heterocycles. The van der Waals surface area contributed by atoms with Crippen molar-refractivity contribution in [3.8, 4) is 0 Å². The molecule has 0 saturated heterocycles. The summed E-state index contributed by atoms with van der Waals surface area (Å²) in [7, 11) is 0. The van der Waals surface area contributed by atoms with Gasteiger partial charge in [-0.05, 0) is 54.1 Å². The van der Waals surface area contributed by atoms with Gasteiger partial charge in [0.1, 0.15) is 0 Å². The lowest BCUT2D eigenvalue weighted by Gasteiger charge is -2.24. The smallest absolute Gasteiger partial charge is 0.280 e. The largest absolute Gasteiger partial charge is 0.329 e. The number of aryl methyl sites for hydroxylation is 1. The van der Waals surface area contributed by atoms with E-state index in [2.05, 4.69) is 64.5 Å². The fraction of sp³-hybridized carbons (Fsp3) is 0.263. The second-order valence-corrected chi connectivity index (χ2v) is 7.91. The number of amidine groups is 1. The van der Waals surface area contributed by atoms with Crippen LogP contribution in [0.2, 0.25) is 0 Å². The number of benzene rings is 2. The van der Waals surface area contributed by atoms with Crippen LogP contribution < -0.4 is 5.73 Å². The van der Waals surface area contributed by atoms with Gasteiger partial charge in [-0.2, -0.15) is 0 Å². The van der Waals surface area contributed by atoms with Crippen LogP contribution in [0.15, 0.2) is 58.1 Å². The summed E-state index contributed by atoms with van der Waals surface area (Å²) < 4.78 is 3.11. The van der Waals surface area contributed by atoms with Gasteiger partial charge in [0.15, 0.2) is 6.04 Å². The Morgan fingerprint density at radius 1 is 1.21 bits per heavy atom. The molecule has 4 rings (SSSR count). The Morgan fingerprint density at radius 2 is 1.96 bits per heavy atom. The number of nitrogens with two attached hydrogens (primary N) is 1. The maximum absolute atomic E-state index is 6.30. The Morgan fingerprint density at radius 3 is 2.71 bits per heavy atom. The minimum absolute atomic E-state index is 0.175. The fourth-order valence-corrected chi connectivity index (χ4v) is 4.34. The van der Waals surface area contributed by atoms with Crippen molar-refractivity contribution in [1.82, 2.24) is 0 Å². The van der Waals surface area contributed by atoms with Gasteiger partial charge in [0.2, 0.25) is 0 Å². The molecule has 1 heterocycles. The Balaban J connectivity index is 1.85. The molecule has 0 fully saturated rings. The van der Waals surface area contributed by atoms with E-state index in [9.17, 15) is 0 Å². The van der Waals surface area contributed by atoms with Gasteiger partial charge in [-0.25, -0.2) is 0 Å². The first-order valence-corrected chi connectivity index (χ1v) is 10.1. The molecule has 0 radical (unpaired) electrons. The highest BCUT2D eigenvalue weighted by molar-refractivity contribution is 9.10. The van der Waals surface area contributed by atoms with Crippen molar-refractivity contribution in [3.05, 3.63) is 69.7 Å². The van der Waals surface area contributed by atoms with Crippen LogP contribution in [0.4, 0.5) is 0 Å². The summed E-state index contributed by atoms with van der Waals surface area (Å²) in [6.45, 7) is 0. The van der Waals surface area contributed by atoms with Crippen molar-refractivity contribution in [2.75, 3.05) is 6.26 Å². The summed E-state index contributed by atoms with van der Waals surface area (Å²) in [5.74, 6) is 0.381. The summed E-state index contributed by atoms with van der Waals surface area (Å²) in [5, 5.41) is 5.71. The van der Waals surface area contributed by atoms with Crippen LogP contribution in [0, 0.1) is 5.92 Å². The Hall–Kier alpha value is -1.59. The highest BCUT2D eigenvalue weighted by Crippen LogP contribution is 2.41. The third kappa shape index (κ3) is 2.60. The SMILES string of the molecule is CS/C(N)=[N+]1/N=C2c3ccccc3CC[C@H]2[C@H]1c1ccc(Br)cc1. The second kappa shape index (κ2) is 6.37. The number of fused-ring (bicyclic) bond motifs is 3. The van der Waals surface area contributed by atoms with Gasteiger partial charge in [0, 0.05) is 10.0 Å². The highest BCUT2D eigenvalue weighted by Gasteiger charge is 2.44. The molecule has 0 spiro atoms. The fourth-order valence-electron chi connectivity index (χ4n) is 3.73. The van der Waals surface area contributed by atoms with Gasteiger partial charge in [-0.15, -0.1) is 4.68 Å². The number of nitrogens with zero attached hydrogens (tertiary/aromatic N) is 2. The van der Waals surface area contributed by atoms with Crippen molar-refractivity contribution in [1.29, 1.82) is 0 Å². The molecule has 5 heteroatoms. The monoisotopic (exact) mass is 400 g/mol. The maximum atomic E-state index is 6.30. The molecule has 2 aliphatic rings. The van der Waals surface area contributed by atoms with E-state index in [0.717, 1.165) is 22.5 Å². The zero-order valence-corrected chi connectivity index (χ0v) is 15.8. The summed E-state index contributed by atoms with van der Waals surface area (Å²) in [6, 6.07) is 17.3. The van der Waals surface area contributed by atoms with Gasteiger partial charge in [-0.3, -0.25) is 5.73 Å². The molecule has 0 amide bonds. The molecule has 2 aromatic rings. The topological polar surface area (TPSA) is 41.4 Å². The Kier molecular flexibility index (Phi) is 4.22. The van der Waals surface area contributed by atoms with Gasteiger partial charge in [-0.1, -0.05) is 57.4 Å². The first kappa shape index (κ1) is 15.9. The minimum atomic E-state index is 0.175. The second-order valence-electron chi connectivity index (χ2n) is 6.17. The molecule has 0 aromatic heterocycles. The van der Waals surface area contributed by atoms with E-state index in [1.54, 1.807) is 11.8 Å². The van der Waals surface area contributed by atoms with Gasteiger partial charge < -0.3 is 0 Å². The van der Waals surface area contributed by atoms with E-state index in [-0.39, 0.29) is 6.04 Å². The third-order valence-corrected chi connectivity index (χ3v) is 6.01. The number of halogens is 1. The van der Waals surface area contributed by atoms with E-state index in [4.69, 9.17) is 10.8 Å². The molecule has 3 nitrogen and oxygen atoms in total. The maximum Gasteiger partial charge on any atom is 0.329 e. The predicted octanol–water partition coefficient (Wildman–Crippen LogP) is 4.16. The third-order valence-electron chi connectivity index (χ3n) is 4.88. The summed E-state index contributed by atoms with van der Waals surface area (Å²) in [5.41, 5.74) is 11.4. The van der Waals surface area contributed by atoms with Crippen molar-refractivity contribution >= 4 is 38.6 Å². The summed E-state index contributed by atoms with van der Waals surface area (Å²) >= 11 is 5.08. The average molecular weight is 401 g/mol. The summed E-state index contributed by atoms with van der Waals surface area (Å²) in [6.07, 6.45) is 4.21. The lowest BCUT2D eigenvalue weighted by molar-refractivity contribution is -0.571. The lowest BCUT2D eigenvalue weighted by atomic mass is 9.77. The molecular formula is C19H19BrN3S+. The van der Waals surface area contributed by atoms with E-state index < -0.39 is 0 Å². The Bertz CT molecular complexity index is 842.